The Morgan fingerprint density at radius 2 is 1.97 bits per heavy atom. The molecule has 2 heterocycles. The molecule has 1 amide bonds. The molecule has 4 aromatic rings. The molecule has 0 aliphatic carbocycles. The summed E-state index contributed by atoms with van der Waals surface area (Å²) in [5, 5.41) is 10.8. The van der Waals surface area contributed by atoms with Crippen LogP contribution < -0.4 is 10.9 Å². The number of rotatable bonds is 3. The first kappa shape index (κ1) is 18.3. The number of hydrazone groups is 1. The van der Waals surface area contributed by atoms with E-state index >= 15 is 0 Å². The smallest absolute Gasteiger partial charge is 0.360 e. The van der Waals surface area contributed by atoms with Crippen LogP contribution in [0, 0.1) is 0 Å². The van der Waals surface area contributed by atoms with Crippen molar-refractivity contribution in [1.82, 2.24) is 20.7 Å². The molecule has 8 nitrogen and oxygen atoms in total. The van der Waals surface area contributed by atoms with Crippen LogP contribution in [0.25, 0.3) is 21.9 Å². The summed E-state index contributed by atoms with van der Waals surface area (Å²) in [7, 11) is 0. The minimum Gasteiger partial charge on any atom is -0.360 e. The van der Waals surface area contributed by atoms with Gasteiger partial charge in [0.2, 0.25) is 5.43 Å². The molecule has 0 aliphatic heterocycles. The zero-order valence-corrected chi connectivity index (χ0v) is 14.3. The number of nitrogens with zero attached hydrogens (tertiary/aromatic N) is 3. The lowest BCUT2D eigenvalue weighted by Crippen LogP contribution is -2.25. The maximum Gasteiger partial charge on any atom is 0.418 e. The fourth-order valence-electron chi connectivity index (χ4n) is 2.76. The highest BCUT2D eigenvalue weighted by molar-refractivity contribution is 5.98. The van der Waals surface area contributed by atoms with Crippen LogP contribution in [0.3, 0.4) is 0 Å². The van der Waals surface area contributed by atoms with Crippen molar-refractivity contribution in [3.63, 3.8) is 0 Å². The molecule has 2 aromatic carbocycles. The van der Waals surface area contributed by atoms with Crippen molar-refractivity contribution < 1.29 is 22.6 Å². The normalized spacial score (nSPS) is 12.1. The Kier molecular flexibility index (Phi) is 4.34. The number of halogens is 3. The predicted octanol–water partition coefficient (Wildman–Crippen LogP) is 2.85. The molecule has 146 valence electrons. The van der Waals surface area contributed by atoms with Crippen molar-refractivity contribution in [2.45, 2.75) is 6.18 Å². The second-order valence-electron chi connectivity index (χ2n) is 5.97. The van der Waals surface area contributed by atoms with Crippen LogP contribution in [0.15, 0.2) is 57.1 Å². The molecule has 0 unspecified atom stereocenters. The zero-order chi connectivity index (χ0) is 20.6. The standard InChI is InChI=1S/C18H10F3N5O3/c19-18(20,21)12-3-1-2-10-15(12)22-8-11(16(10)27)17(28)24-23-7-9-4-5-13-14(6-9)26-29-25-13/h1-8H,(H,22,27)(H,24,28)/b23-7-. The van der Waals surface area contributed by atoms with E-state index in [0.29, 0.717) is 16.6 Å². The average molecular weight is 401 g/mol. The van der Waals surface area contributed by atoms with E-state index in [4.69, 9.17) is 0 Å². The minimum absolute atomic E-state index is 0.250. The van der Waals surface area contributed by atoms with Crippen LogP contribution >= 0.6 is 0 Å². The number of aromatic amines is 1. The van der Waals surface area contributed by atoms with Gasteiger partial charge in [-0.25, -0.2) is 10.1 Å². The van der Waals surface area contributed by atoms with E-state index in [9.17, 15) is 22.8 Å². The van der Waals surface area contributed by atoms with E-state index in [1.54, 1.807) is 18.2 Å². The van der Waals surface area contributed by atoms with Gasteiger partial charge in [0.05, 0.1) is 17.3 Å². The molecule has 0 saturated heterocycles. The average Bonchev–Trinajstić information content (AvgIpc) is 3.15. The maximum absolute atomic E-state index is 13.1. The van der Waals surface area contributed by atoms with Gasteiger partial charge in [-0.1, -0.05) is 12.1 Å². The fourth-order valence-corrected chi connectivity index (χ4v) is 2.76. The van der Waals surface area contributed by atoms with Gasteiger partial charge in [-0.05, 0) is 40.1 Å². The van der Waals surface area contributed by atoms with Gasteiger partial charge in [0.25, 0.3) is 5.91 Å². The highest BCUT2D eigenvalue weighted by atomic mass is 19.4. The number of pyridine rings is 1. The first-order valence-corrected chi connectivity index (χ1v) is 8.12. The van der Waals surface area contributed by atoms with Gasteiger partial charge in [-0.2, -0.15) is 18.3 Å². The Morgan fingerprint density at radius 1 is 1.17 bits per heavy atom. The molecule has 29 heavy (non-hydrogen) atoms. The lowest BCUT2D eigenvalue weighted by atomic mass is 10.1. The molecule has 0 radical (unpaired) electrons. The van der Waals surface area contributed by atoms with Gasteiger partial charge < -0.3 is 4.98 Å². The molecule has 0 fully saturated rings. The number of carbonyl (C=O) groups is 1. The molecule has 11 heteroatoms. The highest BCUT2D eigenvalue weighted by Gasteiger charge is 2.33. The molecular formula is C18H10F3N5O3. The van der Waals surface area contributed by atoms with E-state index < -0.39 is 23.1 Å². The lowest BCUT2D eigenvalue weighted by molar-refractivity contribution is -0.136. The number of para-hydroxylation sites is 1. The summed E-state index contributed by atoms with van der Waals surface area (Å²) >= 11 is 0. The molecule has 0 spiro atoms. The van der Waals surface area contributed by atoms with Crippen LogP contribution in [0.4, 0.5) is 13.2 Å². The minimum atomic E-state index is -4.64. The topological polar surface area (TPSA) is 113 Å². The number of benzene rings is 2. The molecule has 2 aromatic heterocycles. The quantitative estimate of drug-likeness (QED) is 0.405. The van der Waals surface area contributed by atoms with E-state index in [2.05, 4.69) is 30.5 Å². The summed E-state index contributed by atoms with van der Waals surface area (Å²) in [5.74, 6) is -0.869. The summed E-state index contributed by atoms with van der Waals surface area (Å²) in [6, 6.07) is 8.08. The first-order chi connectivity index (χ1) is 13.8. The summed E-state index contributed by atoms with van der Waals surface area (Å²) in [5.41, 5.74) is 1.20. The van der Waals surface area contributed by atoms with Gasteiger partial charge >= 0.3 is 6.18 Å². The van der Waals surface area contributed by atoms with Crippen molar-refractivity contribution >= 4 is 34.1 Å². The van der Waals surface area contributed by atoms with Gasteiger partial charge in [-0.15, -0.1) is 0 Å². The number of H-pyrrole nitrogens is 1. The monoisotopic (exact) mass is 401 g/mol. The first-order valence-electron chi connectivity index (χ1n) is 8.12. The van der Waals surface area contributed by atoms with E-state index in [0.717, 1.165) is 18.3 Å². The summed E-state index contributed by atoms with van der Waals surface area (Å²) in [6.07, 6.45) is -2.40. The van der Waals surface area contributed by atoms with Crippen molar-refractivity contribution in [1.29, 1.82) is 0 Å². The van der Waals surface area contributed by atoms with Crippen LogP contribution in [-0.4, -0.2) is 27.4 Å². The molecule has 0 bridgehead atoms. The summed E-state index contributed by atoms with van der Waals surface area (Å²) < 4.78 is 43.8. The number of nitrogens with one attached hydrogen (secondary N) is 2. The number of carbonyl (C=O) groups excluding carboxylic acids is 1. The van der Waals surface area contributed by atoms with Crippen molar-refractivity contribution in [2.24, 2.45) is 5.10 Å². The van der Waals surface area contributed by atoms with Crippen LogP contribution in [0.1, 0.15) is 21.5 Å². The molecule has 2 N–H and O–H groups in total. The molecule has 0 saturated carbocycles. The zero-order valence-electron chi connectivity index (χ0n) is 14.3. The second kappa shape index (κ2) is 6.86. The maximum atomic E-state index is 13.1. The fraction of sp³-hybridized carbons (Fsp3) is 0.0556. The molecular weight excluding hydrogens is 391 g/mol. The predicted molar refractivity (Wildman–Crippen MR) is 96.4 cm³/mol. The Bertz CT molecular complexity index is 1320. The van der Waals surface area contributed by atoms with Crippen molar-refractivity contribution in [3.05, 3.63) is 69.5 Å². The Balaban J connectivity index is 1.60. The van der Waals surface area contributed by atoms with E-state index in [1.807, 2.05) is 0 Å². The SMILES string of the molecule is O=C(N/N=C\c1ccc2nonc2c1)c1c[nH]c2c(C(F)(F)F)cccc2c1=O. The van der Waals surface area contributed by atoms with Crippen LogP contribution in [0.2, 0.25) is 0 Å². The third-order valence-electron chi connectivity index (χ3n) is 4.12. The Morgan fingerprint density at radius 3 is 2.76 bits per heavy atom. The van der Waals surface area contributed by atoms with Gasteiger partial charge in [0.15, 0.2) is 0 Å². The van der Waals surface area contributed by atoms with Crippen molar-refractivity contribution in [3.8, 4) is 0 Å². The van der Waals surface area contributed by atoms with E-state index in [1.165, 1.54) is 12.3 Å². The number of alkyl halides is 3. The molecule has 0 aliphatic rings. The van der Waals surface area contributed by atoms with Gasteiger partial charge in [0.1, 0.15) is 16.6 Å². The highest BCUT2D eigenvalue weighted by Crippen LogP contribution is 2.32. The number of fused-ring (bicyclic) bond motifs is 2. The number of hydrogen-bond acceptors (Lipinski definition) is 6. The third kappa shape index (κ3) is 3.45. The van der Waals surface area contributed by atoms with Crippen LogP contribution in [-0.2, 0) is 6.18 Å². The largest absolute Gasteiger partial charge is 0.418 e. The van der Waals surface area contributed by atoms with Crippen LogP contribution in [0.5, 0.6) is 0 Å². The Hall–Kier alpha value is -4.02. The van der Waals surface area contributed by atoms with Crippen molar-refractivity contribution in [2.75, 3.05) is 0 Å². The Labute approximate surface area is 159 Å². The molecule has 4 rings (SSSR count). The molecule has 0 atom stereocenters. The van der Waals surface area contributed by atoms with Gasteiger partial charge in [-0.3, -0.25) is 9.59 Å². The second-order valence-corrected chi connectivity index (χ2v) is 5.97. The number of amides is 1. The summed E-state index contributed by atoms with van der Waals surface area (Å²) in [6.45, 7) is 0. The lowest BCUT2D eigenvalue weighted by Gasteiger charge is -2.10. The van der Waals surface area contributed by atoms with Gasteiger partial charge in [0, 0.05) is 11.6 Å². The number of aromatic nitrogens is 3. The summed E-state index contributed by atoms with van der Waals surface area (Å²) in [4.78, 5) is 27.1. The third-order valence-corrected chi connectivity index (χ3v) is 4.12. The number of hydrogen-bond donors (Lipinski definition) is 2. The van der Waals surface area contributed by atoms with E-state index in [-0.39, 0.29) is 16.5 Å².